The lowest BCUT2D eigenvalue weighted by Crippen LogP contribution is -2.33. The number of hydrogen-bond donors (Lipinski definition) is 2. The molecule has 0 aliphatic carbocycles. The minimum Gasteiger partial charge on any atom is -0.383 e. The first-order valence-corrected chi connectivity index (χ1v) is 10.8. The first-order chi connectivity index (χ1) is 16.6. The summed E-state index contributed by atoms with van der Waals surface area (Å²) in [5.41, 5.74) is 11.0. The lowest BCUT2D eigenvalue weighted by molar-refractivity contribution is -0.117. The first-order valence-electron chi connectivity index (χ1n) is 10.8. The average Bonchev–Trinajstić information content (AvgIpc) is 3.19. The van der Waals surface area contributed by atoms with E-state index in [0.717, 1.165) is 16.5 Å². The molecule has 0 bridgehead atoms. The van der Waals surface area contributed by atoms with Crippen molar-refractivity contribution in [1.29, 1.82) is 0 Å². The summed E-state index contributed by atoms with van der Waals surface area (Å²) in [6.45, 7) is 3.88. The summed E-state index contributed by atoms with van der Waals surface area (Å²) in [5, 5.41) is 4.49. The number of nitrogens with two attached hydrogens (primary N) is 1. The van der Waals surface area contributed by atoms with Crippen LogP contribution in [0.25, 0.3) is 44.3 Å². The number of rotatable bonds is 3. The van der Waals surface area contributed by atoms with Gasteiger partial charge in [0, 0.05) is 34.8 Å². The van der Waals surface area contributed by atoms with E-state index in [-0.39, 0.29) is 5.91 Å². The molecular formula is C26H19FN6O. The lowest BCUT2D eigenvalue weighted by atomic mass is 9.90. The van der Waals surface area contributed by atoms with Gasteiger partial charge in [-0.1, -0.05) is 36.9 Å². The van der Waals surface area contributed by atoms with E-state index in [1.165, 1.54) is 18.5 Å². The number of para-hydroxylation sites is 1. The van der Waals surface area contributed by atoms with Crippen LogP contribution in [0.1, 0.15) is 11.6 Å². The van der Waals surface area contributed by atoms with Gasteiger partial charge in [-0.2, -0.15) is 0 Å². The van der Waals surface area contributed by atoms with Crippen molar-refractivity contribution in [3.63, 3.8) is 0 Å². The minimum absolute atomic E-state index is 0.291. The van der Waals surface area contributed by atoms with Crippen LogP contribution in [0.4, 0.5) is 10.2 Å². The van der Waals surface area contributed by atoms with Gasteiger partial charge in [-0.15, -0.1) is 0 Å². The number of carbonyl (C=O) groups excluding carboxylic acids is 1. The van der Waals surface area contributed by atoms with Gasteiger partial charge in [0.15, 0.2) is 0 Å². The number of carbonyl (C=O) groups is 1. The number of halogens is 1. The molecular weight excluding hydrogens is 431 g/mol. The largest absolute Gasteiger partial charge is 0.383 e. The van der Waals surface area contributed by atoms with Crippen molar-refractivity contribution in [3.05, 3.63) is 85.1 Å². The van der Waals surface area contributed by atoms with Gasteiger partial charge in [0.05, 0.1) is 22.6 Å². The summed E-state index contributed by atoms with van der Waals surface area (Å²) < 4.78 is 17.4. The molecule has 0 radical (unpaired) electrons. The smallest absolute Gasteiger partial charge is 0.243 e. The molecule has 1 aliphatic rings. The van der Waals surface area contributed by atoms with Gasteiger partial charge in [-0.3, -0.25) is 9.78 Å². The maximum absolute atomic E-state index is 15.5. The predicted octanol–water partition coefficient (Wildman–Crippen LogP) is 4.39. The van der Waals surface area contributed by atoms with E-state index in [4.69, 9.17) is 5.73 Å². The number of pyridine rings is 1. The number of nitrogens with one attached hydrogen (secondary N) is 1. The second-order valence-corrected chi connectivity index (χ2v) is 8.18. The maximum Gasteiger partial charge on any atom is 0.243 e. The molecule has 1 unspecified atom stereocenters. The number of fused-ring (bicyclic) bond motifs is 6. The number of amides is 1. The zero-order valence-electron chi connectivity index (χ0n) is 18.0. The van der Waals surface area contributed by atoms with E-state index in [9.17, 15) is 4.79 Å². The highest BCUT2D eigenvalue weighted by atomic mass is 19.1. The number of nitrogens with zero attached hydrogens (tertiary/aromatic N) is 4. The fraction of sp³-hybridized carbons (Fsp3) is 0.0769. The Kier molecular flexibility index (Phi) is 4.41. The Balaban J connectivity index is 1.71. The SMILES string of the molecule is C=CC(=O)NC1Cn2c(c(-c3cnc4ccccc4c3)c3c(N)ncnc32)-c2c(F)cccc21. The molecule has 4 heterocycles. The van der Waals surface area contributed by atoms with Crippen LogP contribution >= 0.6 is 0 Å². The predicted molar refractivity (Wildman–Crippen MR) is 129 cm³/mol. The molecule has 6 rings (SSSR count). The van der Waals surface area contributed by atoms with Gasteiger partial charge >= 0.3 is 0 Å². The third-order valence-electron chi connectivity index (χ3n) is 6.27. The molecule has 0 saturated heterocycles. The van der Waals surface area contributed by atoms with Crippen LogP contribution in [-0.4, -0.2) is 25.4 Å². The minimum atomic E-state index is -0.474. The molecule has 2 aromatic carbocycles. The molecule has 0 fully saturated rings. The van der Waals surface area contributed by atoms with Gasteiger partial charge in [0.2, 0.25) is 5.91 Å². The van der Waals surface area contributed by atoms with Crippen molar-refractivity contribution in [1.82, 2.24) is 24.8 Å². The average molecular weight is 450 g/mol. The lowest BCUT2D eigenvalue weighted by Gasteiger charge is -2.29. The summed E-state index contributed by atoms with van der Waals surface area (Å²) in [5.74, 6) is -0.450. The van der Waals surface area contributed by atoms with Crippen LogP contribution in [0.15, 0.2) is 73.7 Å². The zero-order valence-corrected chi connectivity index (χ0v) is 18.0. The van der Waals surface area contributed by atoms with Gasteiger partial charge < -0.3 is 15.6 Å². The van der Waals surface area contributed by atoms with Crippen LogP contribution in [0.3, 0.4) is 0 Å². The Bertz CT molecular complexity index is 1640. The van der Waals surface area contributed by atoms with Gasteiger partial charge in [-0.05, 0) is 29.8 Å². The van der Waals surface area contributed by atoms with E-state index in [1.807, 2.05) is 41.0 Å². The Hall–Kier alpha value is -4.59. The number of anilines is 1. The Morgan fingerprint density at radius 2 is 2.00 bits per heavy atom. The fourth-order valence-electron chi connectivity index (χ4n) is 4.84. The summed E-state index contributed by atoms with van der Waals surface area (Å²) >= 11 is 0. The van der Waals surface area contributed by atoms with Crippen LogP contribution < -0.4 is 11.1 Å². The zero-order chi connectivity index (χ0) is 23.4. The topological polar surface area (TPSA) is 98.7 Å². The summed E-state index contributed by atoms with van der Waals surface area (Å²) in [6, 6.07) is 14.2. The van der Waals surface area contributed by atoms with Gasteiger partial charge in [0.25, 0.3) is 0 Å². The fourth-order valence-corrected chi connectivity index (χ4v) is 4.84. The van der Waals surface area contributed by atoms with E-state index in [1.54, 1.807) is 12.3 Å². The van der Waals surface area contributed by atoms with E-state index in [2.05, 4.69) is 26.8 Å². The quantitative estimate of drug-likeness (QED) is 0.397. The standard InChI is InChI=1S/C26H19FN6O/c1-2-20(34)32-19-12-33-24(22-16(19)7-5-8-17(22)27)21(23-25(28)30-13-31-26(23)33)15-10-14-6-3-4-9-18(14)29-11-15/h2-11,13,19H,1,12H2,(H,32,34)(H2,28,30,31). The Morgan fingerprint density at radius 1 is 1.15 bits per heavy atom. The van der Waals surface area contributed by atoms with Crippen molar-refractivity contribution >= 4 is 33.7 Å². The second kappa shape index (κ2) is 7.48. The molecule has 3 aromatic heterocycles. The van der Waals surface area contributed by atoms with Crippen molar-refractivity contribution < 1.29 is 9.18 Å². The number of hydrogen-bond acceptors (Lipinski definition) is 5. The molecule has 7 nitrogen and oxygen atoms in total. The van der Waals surface area contributed by atoms with Crippen molar-refractivity contribution in [2.24, 2.45) is 0 Å². The Morgan fingerprint density at radius 3 is 2.85 bits per heavy atom. The van der Waals surface area contributed by atoms with Crippen LogP contribution in [0.5, 0.6) is 0 Å². The molecule has 1 amide bonds. The summed E-state index contributed by atoms with van der Waals surface area (Å²) in [6.07, 6.45) is 4.35. The second-order valence-electron chi connectivity index (χ2n) is 8.18. The Labute approximate surface area is 193 Å². The molecule has 0 spiro atoms. The highest BCUT2D eigenvalue weighted by Crippen LogP contribution is 2.48. The molecule has 1 atom stereocenters. The molecule has 166 valence electrons. The summed E-state index contributed by atoms with van der Waals surface area (Å²) in [7, 11) is 0. The van der Waals surface area contributed by atoms with Crippen LogP contribution in [0, 0.1) is 5.82 Å². The van der Waals surface area contributed by atoms with Crippen LogP contribution in [0.2, 0.25) is 0 Å². The highest BCUT2D eigenvalue weighted by molar-refractivity contribution is 6.09. The number of nitrogen functional groups attached to an aromatic ring is 1. The molecule has 0 saturated carbocycles. The van der Waals surface area contributed by atoms with Gasteiger partial charge in [-0.25, -0.2) is 14.4 Å². The third kappa shape index (κ3) is 2.88. The maximum atomic E-state index is 15.5. The monoisotopic (exact) mass is 450 g/mol. The van der Waals surface area contributed by atoms with E-state index >= 15 is 4.39 Å². The third-order valence-corrected chi connectivity index (χ3v) is 6.27. The van der Waals surface area contributed by atoms with Crippen molar-refractivity contribution in [2.75, 3.05) is 5.73 Å². The molecule has 1 aliphatic heterocycles. The normalized spacial score (nSPS) is 14.6. The molecule has 3 N–H and O–H groups in total. The molecule has 34 heavy (non-hydrogen) atoms. The van der Waals surface area contributed by atoms with Gasteiger partial charge in [0.1, 0.15) is 23.6 Å². The van der Waals surface area contributed by atoms with Crippen molar-refractivity contribution in [2.45, 2.75) is 12.6 Å². The molecule has 8 heteroatoms. The van der Waals surface area contributed by atoms with Crippen molar-refractivity contribution in [3.8, 4) is 22.4 Å². The first kappa shape index (κ1) is 20.0. The molecule has 5 aromatic rings. The number of benzene rings is 2. The van der Waals surface area contributed by atoms with E-state index < -0.39 is 11.9 Å². The van der Waals surface area contributed by atoms with E-state index in [0.29, 0.717) is 45.8 Å². The number of aromatic nitrogens is 4. The highest BCUT2D eigenvalue weighted by Gasteiger charge is 2.34. The summed E-state index contributed by atoms with van der Waals surface area (Å²) in [4.78, 5) is 25.5. The van der Waals surface area contributed by atoms with Crippen LogP contribution in [-0.2, 0) is 11.3 Å².